The summed E-state index contributed by atoms with van der Waals surface area (Å²) in [6.07, 6.45) is 0. The minimum absolute atomic E-state index is 0.0356. The van der Waals surface area contributed by atoms with Crippen LogP contribution in [0.4, 0.5) is 0 Å². The Bertz CT molecular complexity index is 706. The van der Waals surface area contributed by atoms with E-state index in [2.05, 4.69) is 15.4 Å². The van der Waals surface area contributed by atoms with E-state index in [0.717, 1.165) is 0 Å². The van der Waals surface area contributed by atoms with Crippen molar-refractivity contribution < 1.29 is 22.7 Å². The number of benzene rings is 1. The number of likely N-dealkylation sites (N-methyl/N-ethyl adjacent to an activating group) is 1. The number of rotatable bonds is 8. The van der Waals surface area contributed by atoms with Gasteiger partial charge < -0.3 is 15.4 Å². The summed E-state index contributed by atoms with van der Waals surface area (Å²) in [5, 5.41) is 4.99. The zero-order valence-corrected chi connectivity index (χ0v) is 15.1. The summed E-state index contributed by atoms with van der Waals surface area (Å²) >= 11 is 5.97. The van der Waals surface area contributed by atoms with Crippen molar-refractivity contribution in [2.75, 3.05) is 20.2 Å². The van der Waals surface area contributed by atoms with Crippen LogP contribution >= 0.6 is 11.6 Å². The van der Waals surface area contributed by atoms with Crippen LogP contribution in [-0.4, -0.2) is 46.5 Å². The molecule has 10 heteroatoms. The third-order valence-electron chi connectivity index (χ3n) is 2.72. The first-order valence-corrected chi connectivity index (χ1v) is 8.93. The Kier molecular flexibility index (Phi) is 7.46. The number of carbonyl (C=O) groups is 2. The SMILES string of the molecule is CNC(=O)COc1ccc(S(=O)(=O)NCC(=O)NC(C)C)cc1Cl. The van der Waals surface area contributed by atoms with Gasteiger partial charge in [0.05, 0.1) is 16.5 Å². The molecule has 0 saturated heterocycles. The van der Waals surface area contributed by atoms with E-state index in [4.69, 9.17) is 16.3 Å². The second-order valence-electron chi connectivity index (χ2n) is 5.10. The maximum absolute atomic E-state index is 12.1. The number of hydrogen-bond acceptors (Lipinski definition) is 5. The van der Waals surface area contributed by atoms with Crippen molar-refractivity contribution in [3.63, 3.8) is 0 Å². The molecule has 134 valence electrons. The van der Waals surface area contributed by atoms with E-state index < -0.39 is 15.9 Å². The monoisotopic (exact) mass is 377 g/mol. The van der Waals surface area contributed by atoms with Crippen LogP contribution in [0.2, 0.25) is 5.02 Å². The Morgan fingerprint density at radius 3 is 2.46 bits per heavy atom. The topological polar surface area (TPSA) is 114 Å². The van der Waals surface area contributed by atoms with Gasteiger partial charge in [0, 0.05) is 13.1 Å². The zero-order valence-electron chi connectivity index (χ0n) is 13.6. The van der Waals surface area contributed by atoms with Gasteiger partial charge in [0.2, 0.25) is 15.9 Å². The van der Waals surface area contributed by atoms with Crippen molar-refractivity contribution in [3.8, 4) is 5.75 Å². The second-order valence-corrected chi connectivity index (χ2v) is 7.27. The Labute approximate surface area is 146 Å². The summed E-state index contributed by atoms with van der Waals surface area (Å²) in [6, 6.07) is 3.71. The van der Waals surface area contributed by atoms with E-state index >= 15 is 0 Å². The van der Waals surface area contributed by atoms with Gasteiger partial charge in [0.15, 0.2) is 6.61 Å². The molecule has 0 aliphatic rings. The zero-order chi connectivity index (χ0) is 18.3. The van der Waals surface area contributed by atoms with E-state index in [0.29, 0.717) is 0 Å². The van der Waals surface area contributed by atoms with Crippen molar-refractivity contribution in [3.05, 3.63) is 23.2 Å². The summed E-state index contributed by atoms with van der Waals surface area (Å²) in [7, 11) is -2.43. The standard InChI is InChI=1S/C14H20ClN3O5S/c1-9(2)18-13(19)7-17-24(21,22)10-4-5-12(11(15)6-10)23-8-14(20)16-3/h4-6,9,17H,7-8H2,1-3H3,(H,16,20)(H,18,19). The van der Waals surface area contributed by atoms with E-state index in [1.165, 1.54) is 25.2 Å². The van der Waals surface area contributed by atoms with Crippen LogP contribution in [0, 0.1) is 0 Å². The number of hydrogen-bond donors (Lipinski definition) is 3. The quantitative estimate of drug-likeness (QED) is 0.601. The van der Waals surface area contributed by atoms with Gasteiger partial charge >= 0.3 is 0 Å². The van der Waals surface area contributed by atoms with Crippen LogP contribution in [-0.2, 0) is 19.6 Å². The molecule has 0 aromatic heterocycles. The number of nitrogens with one attached hydrogen (secondary N) is 3. The highest BCUT2D eigenvalue weighted by Gasteiger charge is 2.18. The Hall–Kier alpha value is -1.84. The van der Waals surface area contributed by atoms with E-state index in [1.54, 1.807) is 13.8 Å². The van der Waals surface area contributed by atoms with Crippen molar-refractivity contribution >= 4 is 33.4 Å². The lowest BCUT2D eigenvalue weighted by atomic mass is 10.3. The summed E-state index contributed by atoms with van der Waals surface area (Å²) in [6.45, 7) is 2.91. The molecule has 0 saturated carbocycles. The third-order valence-corrected chi connectivity index (χ3v) is 4.42. The molecule has 0 radical (unpaired) electrons. The van der Waals surface area contributed by atoms with Gasteiger partial charge in [-0.05, 0) is 32.0 Å². The van der Waals surface area contributed by atoms with Gasteiger partial charge in [0.1, 0.15) is 5.75 Å². The molecule has 0 heterocycles. The molecule has 0 spiro atoms. The third kappa shape index (κ3) is 6.34. The van der Waals surface area contributed by atoms with Gasteiger partial charge in [-0.15, -0.1) is 0 Å². The molecule has 0 atom stereocenters. The maximum atomic E-state index is 12.1. The predicted octanol–water partition coefficient (Wildman–Crippen LogP) is 0.268. The van der Waals surface area contributed by atoms with E-state index in [-0.39, 0.29) is 40.8 Å². The Morgan fingerprint density at radius 1 is 1.25 bits per heavy atom. The molecule has 24 heavy (non-hydrogen) atoms. The van der Waals surface area contributed by atoms with Crippen LogP contribution in [0.3, 0.4) is 0 Å². The molecule has 8 nitrogen and oxygen atoms in total. The number of sulfonamides is 1. The minimum atomic E-state index is -3.90. The van der Waals surface area contributed by atoms with E-state index in [9.17, 15) is 18.0 Å². The lowest BCUT2D eigenvalue weighted by Crippen LogP contribution is -2.39. The minimum Gasteiger partial charge on any atom is -0.482 e. The van der Waals surface area contributed by atoms with Crippen LogP contribution < -0.4 is 20.1 Å². The molecule has 2 amide bonds. The molecule has 3 N–H and O–H groups in total. The summed E-state index contributed by atoms with van der Waals surface area (Å²) < 4.78 is 31.6. The molecule has 0 unspecified atom stereocenters. The molecule has 0 aliphatic carbocycles. The van der Waals surface area contributed by atoms with Gasteiger partial charge in [0.25, 0.3) is 5.91 Å². The fourth-order valence-corrected chi connectivity index (χ4v) is 2.91. The molecular formula is C14H20ClN3O5S. The van der Waals surface area contributed by atoms with Crippen molar-refractivity contribution in [2.45, 2.75) is 24.8 Å². The lowest BCUT2D eigenvalue weighted by molar-refractivity contribution is -0.122. The van der Waals surface area contributed by atoms with Crippen molar-refractivity contribution in [1.82, 2.24) is 15.4 Å². The van der Waals surface area contributed by atoms with E-state index in [1.807, 2.05) is 0 Å². The van der Waals surface area contributed by atoms with Gasteiger partial charge in [-0.2, -0.15) is 0 Å². The first-order chi connectivity index (χ1) is 11.2. The number of ether oxygens (including phenoxy) is 1. The average Bonchev–Trinajstić information content (AvgIpc) is 2.50. The number of halogens is 1. The normalized spacial score (nSPS) is 11.2. The molecular weight excluding hydrogens is 358 g/mol. The summed E-state index contributed by atoms with van der Waals surface area (Å²) in [5.74, 6) is -0.609. The average molecular weight is 378 g/mol. The molecule has 0 aliphatic heterocycles. The van der Waals surface area contributed by atoms with Crippen LogP contribution in [0.15, 0.2) is 23.1 Å². The smallest absolute Gasteiger partial charge is 0.257 e. The second kappa shape index (κ2) is 8.86. The number of amides is 2. The summed E-state index contributed by atoms with van der Waals surface area (Å²) in [5.41, 5.74) is 0. The fourth-order valence-electron chi connectivity index (χ4n) is 1.60. The van der Waals surface area contributed by atoms with Crippen molar-refractivity contribution in [1.29, 1.82) is 0 Å². The molecule has 1 aromatic carbocycles. The van der Waals surface area contributed by atoms with Crippen LogP contribution in [0.1, 0.15) is 13.8 Å². The first kappa shape index (κ1) is 20.2. The largest absolute Gasteiger partial charge is 0.482 e. The fraction of sp³-hybridized carbons (Fsp3) is 0.429. The maximum Gasteiger partial charge on any atom is 0.257 e. The van der Waals surface area contributed by atoms with Crippen LogP contribution in [0.5, 0.6) is 5.75 Å². The molecule has 1 rings (SSSR count). The van der Waals surface area contributed by atoms with Crippen LogP contribution in [0.25, 0.3) is 0 Å². The highest BCUT2D eigenvalue weighted by atomic mass is 35.5. The predicted molar refractivity (Wildman–Crippen MR) is 89.5 cm³/mol. The first-order valence-electron chi connectivity index (χ1n) is 7.07. The summed E-state index contributed by atoms with van der Waals surface area (Å²) in [4.78, 5) is 22.5. The van der Waals surface area contributed by atoms with Gasteiger partial charge in [-0.3, -0.25) is 9.59 Å². The highest BCUT2D eigenvalue weighted by Crippen LogP contribution is 2.27. The van der Waals surface area contributed by atoms with Gasteiger partial charge in [-0.1, -0.05) is 11.6 Å². The van der Waals surface area contributed by atoms with Gasteiger partial charge in [-0.25, -0.2) is 13.1 Å². The highest BCUT2D eigenvalue weighted by molar-refractivity contribution is 7.89. The lowest BCUT2D eigenvalue weighted by Gasteiger charge is -2.11. The molecule has 0 bridgehead atoms. The number of carbonyl (C=O) groups excluding carboxylic acids is 2. The Balaban J connectivity index is 2.77. The molecule has 0 fully saturated rings. The van der Waals surface area contributed by atoms with Crippen molar-refractivity contribution in [2.24, 2.45) is 0 Å². The molecule has 1 aromatic rings. The Morgan fingerprint density at radius 2 is 1.92 bits per heavy atom.